The number of nitrogens with zero attached hydrogens (tertiary/aromatic N) is 1. The molecule has 1 saturated heterocycles. The minimum atomic E-state index is -2.05. The number of nitrogens with two attached hydrogens (primary N) is 7. The van der Waals surface area contributed by atoms with E-state index in [0.29, 0.717) is 5.56 Å². The molecule has 2 aromatic rings. The normalized spacial score (nSPS) is 17.3. The Kier molecular flexibility index (Phi) is 47.5. The summed E-state index contributed by atoms with van der Waals surface area (Å²) in [5.41, 5.74) is 41.2. The smallest absolute Gasteiger partial charge is 0.326 e. The summed E-state index contributed by atoms with van der Waals surface area (Å²) in [6.07, 6.45) is -8.25. The number of hydrogen-bond acceptors (Lipinski definition) is 31. The van der Waals surface area contributed by atoms with E-state index in [1.165, 1.54) is 62.4 Å². The van der Waals surface area contributed by atoms with Crippen molar-refractivity contribution >= 4 is 132 Å². The second kappa shape index (κ2) is 54.8. The minimum Gasteiger partial charge on any atom is -0.508 e. The number of amides is 16. The van der Waals surface area contributed by atoms with Crippen molar-refractivity contribution in [2.75, 3.05) is 51.6 Å². The number of thiol groups is 2. The number of phenols is 2. The highest BCUT2D eigenvalue weighted by Crippen LogP contribution is 2.24. The number of carboxylic acid groups (broad SMARTS) is 1. The van der Waals surface area contributed by atoms with Gasteiger partial charge in [0.1, 0.15) is 102 Å². The highest BCUT2D eigenvalue weighted by atomic mass is 32.1. The van der Waals surface area contributed by atoms with Gasteiger partial charge in [0, 0.05) is 42.9 Å². The number of carbonyl (C=O) groups is 17. The SMILES string of the molecule is CC[C@H](C)[C@H](NC(=O)[C@@H]1C[C@@H](O)CN1C(=O)[C@@H](N)C(C)C)C(=O)N[C@H](C(=O)N[C@@H](Cc1ccc(O)cc1)C(=O)N[C@@H](CO)C(=O)N[C@@H](CC(N)=O)C(=O)N[C@@H](CCCNC(=N)N)C(=O)N[C@@H](CCN)C(=O)N[C@H](C(=O)N[C@H](CCN)C(=O)N[C@H](C(=O)N[C@@H](CCN)C(=O)N[C@@H](CCN)C(=O)N[C@@H](CS)C(=O)N[C@@H](Cc1ccc(O)cc1)C(=O)O)[C@@H](C)O)[C@@H](C)O)C(C)(C)S. The molecule has 16 amide bonds. The first-order valence-corrected chi connectivity index (χ1v) is 42.8. The van der Waals surface area contributed by atoms with Crippen LogP contribution in [0, 0.1) is 17.2 Å². The molecule has 0 saturated carbocycles. The number of aromatic hydroxyl groups is 2. The van der Waals surface area contributed by atoms with Crippen LogP contribution in [0.2, 0.25) is 0 Å². The number of primary amides is 1. The Balaban J connectivity index is 1.88. The predicted octanol–water partition coefficient (Wildman–Crippen LogP) is -11.3. The summed E-state index contributed by atoms with van der Waals surface area (Å²) in [7, 11) is 0. The molecule has 1 aliphatic rings. The second-order valence-electron chi connectivity index (χ2n) is 32.1. The van der Waals surface area contributed by atoms with E-state index in [1.807, 2.05) is 0 Å². The maximum atomic E-state index is 14.7. The molecule has 2 aromatic carbocycles. The number of carbonyl (C=O) groups excluding carboxylic acids is 16. The summed E-state index contributed by atoms with van der Waals surface area (Å²) in [5.74, 6) is -21.3. The van der Waals surface area contributed by atoms with Gasteiger partial charge in [-0.25, -0.2) is 4.79 Å². The molecule has 0 aromatic heterocycles. The van der Waals surface area contributed by atoms with Crippen molar-refractivity contribution < 1.29 is 117 Å². The van der Waals surface area contributed by atoms with Gasteiger partial charge in [-0.05, 0) is 140 Å². The summed E-state index contributed by atoms with van der Waals surface area (Å²) in [5, 5.41) is 116. The van der Waals surface area contributed by atoms with Gasteiger partial charge in [-0.15, -0.1) is 0 Å². The molecule has 0 unspecified atom stereocenters. The first-order valence-electron chi connectivity index (χ1n) is 41.8. The average Bonchev–Trinajstić information content (AvgIpc) is 1.69. The zero-order chi connectivity index (χ0) is 97.6. The maximum absolute atomic E-state index is 14.7. The Hall–Kier alpha value is -11.4. The van der Waals surface area contributed by atoms with E-state index < -0.39 is 271 Å². The zero-order valence-electron chi connectivity index (χ0n) is 73.1. The number of likely N-dealkylation sites (tertiary alicyclic amines) is 1. The number of guanidine groups is 1. The second-order valence-corrected chi connectivity index (χ2v) is 33.6. The van der Waals surface area contributed by atoms with Gasteiger partial charge < -0.3 is 161 Å². The van der Waals surface area contributed by atoms with Crippen molar-refractivity contribution in [3.63, 3.8) is 0 Å². The van der Waals surface area contributed by atoms with Crippen molar-refractivity contribution in [1.82, 2.24) is 84.7 Å². The van der Waals surface area contributed by atoms with Gasteiger partial charge in [0.2, 0.25) is 94.5 Å². The lowest BCUT2D eigenvalue weighted by atomic mass is 9.95. The van der Waals surface area contributed by atoms with Gasteiger partial charge in [-0.1, -0.05) is 58.4 Å². The number of carboxylic acids is 1. The molecule has 722 valence electrons. The quantitative estimate of drug-likeness (QED) is 0.0127. The van der Waals surface area contributed by atoms with Crippen molar-refractivity contribution in [3.05, 3.63) is 59.7 Å². The van der Waals surface area contributed by atoms with Gasteiger partial charge in [0.25, 0.3) is 0 Å². The topological polar surface area (TPSA) is 821 Å². The van der Waals surface area contributed by atoms with Gasteiger partial charge in [0.15, 0.2) is 5.96 Å². The van der Waals surface area contributed by atoms with E-state index in [0.717, 1.165) is 18.7 Å². The number of β-amino-alcohol motifs (C(OH)–C–C–N with tert-alkyl or cyclic N) is 1. The van der Waals surface area contributed by atoms with E-state index in [9.17, 15) is 117 Å². The third-order valence-corrected chi connectivity index (χ3v) is 21.3. The number of hydrogen-bond donors (Lipinski definition) is 32. The van der Waals surface area contributed by atoms with Crippen LogP contribution in [0.1, 0.15) is 124 Å². The molecule has 0 radical (unpaired) electrons. The lowest BCUT2D eigenvalue weighted by Crippen LogP contribution is -2.64. The summed E-state index contributed by atoms with van der Waals surface area (Å²) >= 11 is 8.75. The van der Waals surface area contributed by atoms with Crippen LogP contribution in [0.5, 0.6) is 11.5 Å². The molecular formula is C79H130N24O24S2. The maximum Gasteiger partial charge on any atom is 0.326 e. The van der Waals surface area contributed by atoms with Crippen LogP contribution < -0.4 is 120 Å². The highest BCUT2D eigenvalue weighted by molar-refractivity contribution is 7.81. The molecule has 1 fully saturated rings. The number of aliphatic hydroxyl groups excluding tert-OH is 4. The Labute approximate surface area is 756 Å². The Bertz CT molecular complexity index is 4150. The average molecular weight is 1860 g/mol. The Morgan fingerprint density at radius 3 is 1.24 bits per heavy atom. The van der Waals surface area contributed by atoms with E-state index in [1.54, 1.807) is 27.7 Å². The number of aliphatic carboxylic acids is 1. The standard InChI is InChI=1S/C79H130N24O24S2/c1-9-37(4)58(99-71(120)55-31-44(109)33-103(55)76(125)57(85)36(2)3)72(121)102-61(79(7,8)129)75(124)95-50(29-40-12-16-42(107)17-13-40)67(116)97-53(34-104)69(118)94-51(32-56(84)110)68(117)89-45(11-10-28-88-78(86)87)62(111)91-48(22-26-82)65(114)100-60(39(6)106)74(123)93-49(23-27-83)66(115)101-59(38(5)105)73(122)92-47(21-25-81)63(112)90-46(20-24-80)64(113)98-54(35-128)70(119)96-52(77(126)127)30-41-14-18-43(108)19-15-41/h12-19,36-39,44-55,57-61,104-109,128-129H,9-11,20-35,80-83,85H2,1-8H3,(H2,84,110)(H,89,117)(H,90,112)(H,91,111)(H,92,122)(H,93,123)(H,94,118)(H,95,124)(H,96,119)(H,97,116)(H,98,113)(H,99,120)(H,100,114)(H,101,115)(H,102,121)(H,126,127)(H4,86,87,88)/t37-,38+,39+,44+,45-,46-,47-,48-,49+,50-,51-,52-,53-,54-,55-,57-,58-,59-,60-,61+/m0/s1. The van der Waals surface area contributed by atoms with Crippen LogP contribution in [0.4, 0.5) is 0 Å². The van der Waals surface area contributed by atoms with E-state index in [2.05, 4.69) is 105 Å². The van der Waals surface area contributed by atoms with Crippen LogP contribution >= 0.6 is 25.3 Å². The number of phenolic OH excluding ortho intramolecular Hbond substituents is 2. The summed E-state index contributed by atoms with van der Waals surface area (Å²) in [4.78, 5) is 238. The van der Waals surface area contributed by atoms with Crippen LogP contribution in [0.25, 0.3) is 0 Å². The molecule has 0 spiro atoms. The van der Waals surface area contributed by atoms with E-state index in [-0.39, 0.29) is 107 Å². The lowest BCUT2D eigenvalue weighted by Gasteiger charge is -2.34. The van der Waals surface area contributed by atoms with Crippen LogP contribution in [-0.2, 0) is 94.3 Å². The van der Waals surface area contributed by atoms with Crippen molar-refractivity contribution in [2.24, 2.45) is 52.0 Å². The molecular weight excluding hydrogens is 1730 g/mol. The largest absolute Gasteiger partial charge is 0.508 e. The number of rotatable bonds is 56. The van der Waals surface area contributed by atoms with Gasteiger partial charge in [-0.3, -0.25) is 82.1 Å². The van der Waals surface area contributed by atoms with Crippen molar-refractivity contribution in [2.45, 2.75) is 246 Å². The first-order chi connectivity index (χ1) is 60.5. The number of benzene rings is 2. The summed E-state index contributed by atoms with van der Waals surface area (Å²) in [6, 6.07) is -15.7. The molecule has 129 heavy (non-hydrogen) atoms. The minimum absolute atomic E-state index is 0.0916. The molecule has 48 nitrogen and oxygen atoms in total. The molecule has 1 aliphatic heterocycles. The first kappa shape index (κ1) is 112. The molecule has 50 heteroatoms. The van der Waals surface area contributed by atoms with Gasteiger partial charge in [0.05, 0.1) is 37.4 Å². The molecule has 0 bridgehead atoms. The van der Waals surface area contributed by atoms with Crippen molar-refractivity contribution in [1.29, 1.82) is 5.41 Å². The predicted molar refractivity (Wildman–Crippen MR) is 472 cm³/mol. The zero-order valence-corrected chi connectivity index (χ0v) is 74.9. The third-order valence-electron chi connectivity index (χ3n) is 20.7. The van der Waals surface area contributed by atoms with Crippen LogP contribution in [-0.4, -0.2) is 318 Å². The molecule has 1 heterocycles. The fourth-order valence-electron chi connectivity index (χ4n) is 13.0. The Morgan fingerprint density at radius 2 is 0.853 bits per heavy atom. The lowest BCUT2D eigenvalue weighted by molar-refractivity contribution is -0.142. The monoisotopic (exact) mass is 1860 g/mol. The fourth-order valence-corrected chi connectivity index (χ4v) is 13.5. The fraction of sp³-hybridized carbons (Fsp3) is 0.620. The molecule has 20 atom stereocenters. The number of nitrogens with one attached hydrogen (secondary N) is 16. The van der Waals surface area contributed by atoms with Crippen LogP contribution in [0.15, 0.2) is 48.5 Å². The van der Waals surface area contributed by atoms with E-state index in [4.69, 9.17) is 45.5 Å². The number of aliphatic hydroxyl groups is 4. The molecule has 37 N–H and O–H groups in total. The van der Waals surface area contributed by atoms with Crippen LogP contribution in [0.3, 0.4) is 0 Å². The third kappa shape index (κ3) is 37.0. The molecule has 0 aliphatic carbocycles. The van der Waals surface area contributed by atoms with Gasteiger partial charge in [-0.2, -0.15) is 25.3 Å². The molecule has 3 rings (SSSR count). The Morgan fingerprint density at radius 1 is 0.496 bits per heavy atom. The summed E-state index contributed by atoms with van der Waals surface area (Å²) in [6.45, 7) is 8.89. The van der Waals surface area contributed by atoms with Crippen molar-refractivity contribution in [3.8, 4) is 11.5 Å². The van der Waals surface area contributed by atoms with E-state index >= 15 is 0 Å². The summed E-state index contributed by atoms with van der Waals surface area (Å²) < 4.78 is -1.49. The van der Waals surface area contributed by atoms with Gasteiger partial charge >= 0.3 is 5.97 Å². The highest BCUT2D eigenvalue weighted by Gasteiger charge is 2.46.